The number of rotatable bonds is 3. The third-order valence-electron chi connectivity index (χ3n) is 2.52. The lowest BCUT2D eigenvalue weighted by Gasteiger charge is -2.10. The second-order valence-electron chi connectivity index (χ2n) is 3.63. The van der Waals surface area contributed by atoms with Crippen molar-refractivity contribution in [3.8, 4) is 0 Å². The summed E-state index contributed by atoms with van der Waals surface area (Å²) < 4.78 is 0. The van der Waals surface area contributed by atoms with Crippen LogP contribution in [0.3, 0.4) is 0 Å². The van der Waals surface area contributed by atoms with Gasteiger partial charge in [0.25, 0.3) is 5.91 Å². The second kappa shape index (κ2) is 4.84. The highest BCUT2D eigenvalue weighted by Crippen LogP contribution is 2.03. The number of aromatic nitrogens is 2. The van der Waals surface area contributed by atoms with E-state index in [-0.39, 0.29) is 5.91 Å². The van der Waals surface area contributed by atoms with Crippen LogP contribution in [0.1, 0.15) is 23.2 Å². The van der Waals surface area contributed by atoms with Crippen molar-refractivity contribution in [1.82, 2.24) is 20.8 Å². The Hall–Kier alpha value is -1.49. The lowest BCUT2D eigenvalue weighted by atomic mass is 10.2. The molecule has 15 heavy (non-hydrogen) atoms. The molecule has 5 nitrogen and oxygen atoms in total. The Bertz CT molecular complexity index is 321. The molecule has 1 aliphatic heterocycles. The summed E-state index contributed by atoms with van der Waals surface area (Å²) in [4.78, 5) is 11.6. The number of carbonyl (C=O) groups excluding carboxylic acids is 1. The maximum atomic E-state index is 11.6. The summed E-state index contributed by atoms with van der Waals surface area (Å²) in [6.07, 6.45) is 5.31. The predicted octanol–water partition coefficient (Wildman–Crippen LogP) is -0.0416. The summed E-state index contributed by atoms with van der Waals surface area (Å²) in [6.45, 7) is 1.73. The molecule has 80 valence electrons. The van der Waals surface area contributed by atoms with Crippen LogP contribution in [0.25, 0.3) is 0 Å². The Morgan fingerprint density at radius 3 is 3.20 bits per heavy atom. The van der Waals surface area contributed by atoms with Gasteiger partial charge in [0.05, 0.1) is 18.0 Å². The lowest BCUT2D eigenvalue weighted by molar-refractivity contribution is 0.0950. The molecule has 0 radical (unpaired) electrons. The molecular formula is C10H14N4O. The van der Waals surface area contributed by atoms with Crippen molar-refractivity contribution in [2.24, 2.45) is 0 Å². The zero-order chi connectivity index (χ0) is 10.5. The quantitative estimate of drug-likeness (QED) is 0.728. The topological polar surface area (TPSA) is 66.9 Å². The highest BCUT2D eigenvalue weighted by Gasteiger charge is 2.15. The van der Waals surface area contributed by atoms with E-state index in [1.807, 2.05) is 0 Å². The fraction of sp³-hybridized carbons (Fsp3) is 0.500. The van der Waals surface area contributed by atoms with Crippen molar-refractivity contribution < 1.29 is 4.79 Å². The van der Waals surface area contributed by atoms with Gasteiger partial charge in [-0.25, -0.2) is 0 Å². The summed E-state index contributed by atoms with van der Waals surface area (Å²) >= 11 is 0. The number of hydrogen-bond acceptors (Lipinski definition) is 4. The van der Waals surface area contributed by atoms with E-state index in [1.165, 1.54) is 18.8 Å². The van der Waals surface area contributed by atoms with E-state index in [2.05, 4.69) is 20.8 Å². The van der Waals surface area contributed by atoms with E-state index < -0.39 is 0 Å². The molecule has 1 saturated heterocycles. The van der Waals surface area contributed by atoms with Crippen molar-refractivity contribution in [2.45, 2.75) is 18.9 Å². The fourth-order valence-electron chi connectivity index (χ4n) is 1.67. The van der Waals surface area contributed by atoms with Gasteiger partial charge in [-0.05, 0) is 25.5 Å². The van der Waals surface area contributed by atoms with Crippen LogP contribution >= 0.6 is 0 Å². The highest BCUT2D eigenvalue weighted by molar-refractivity contribution is 5.93. The summed E-state index contributed by atoms with van der Waals surface area (Å²) in [5.74, 6) is -0.0846. The average molecular weight is 206 g/mol. The standard InChI is InChI=1S/C10H14N4O/c15-10(8-3-5-13-14-6-8)12-7-9-2-1-4-11-9/h3,5-6,9,11H,1-2,4,7H2,(H,12,15). The van der Waals surface area contributed by atoms with Gasteiger partial charge in [0.15, 0.2) is 0 Å². The second-order valence-corrected chi connectivity index (χ2v) is 3.63. The minimum Gasteiger partial charge on any atom is -0.350 e. The molecule has 1 atom stereocenters. The fourth-order valence-corrected chi connectivity index (χ4v) is 1.67. The number of nitrogens with zero attached hydrogens (tertiary/aromatic N) is 2. The van der Waals surface area contributed by atoms with Gasteiger partial charge < -0.3 is 10.6 Å². The van der Waals surface area contributed by atoms with E-state index in [0.717, 1.165) is 13.0 Å². The molecule has 2 rings (SSSR count). The molecule has 2 heterocycles. The molecule has 1 amide bonds. The molecule has 2 N–H and O–H groups in total. The first-order valence-corrected chi connectivity index (χ1v) is 5.14. The van der Waals surface area contributed by atoms with Crippen molar-refractivity contribution in [2.75, 3.05) is 13.1 Å². The zero-order valence-corrected chi connectivity index (χ0v) is 8.44. The Morgan fingerprint density at radius 2 is 2.53 bits per heavy atom. The molecule has 1 unspecified atom stereocenters. The summed E-state index contributed by atoms with van der Waals surface area (Å²) in [6, 6.07) is 2.08. The van der Waals surface area contributed by atoms with Gasteiger partial charge in [-0.15, -0.1) is 0 Å². The van der Waals surface area contributed by atoms with Gasteiger partial charge in [-0.2, -0.15) is 10.2 Å². The number of hydrogen-bond donors (Lipinski definition) is 2. The van der Waals surface area contributed by atoms with E-state index in [0.29, 0.717) is 18.2 Å². The Kier molecular flexibility index (Phi) is 3.24. The highest BCUT2D eigenvalue weighted by atomic mass is 16.1. The van der Waals surface area contributed by atoms with E-state index in [1.54, 1.807) is 6.07 Å². The molecule has 1 aromatic rings. The van der Waals surface area contributed by atoms with Crippen LogP contribution in [0.4, 0.5) is 0 Å². The van der Waals surface area contributed by atoms with Crippen LogP contribution in [0, 0.1) is 0 Å². The third kappa shape index (κ3) is 2.73. The minimum atomic E-state index is -0.0846. The van der Waals surface area contributed by atoms with Gasteiger partial charge in [0.2, 0.25) is 0 Å². The average Bonchev–Trinajstić information content (AvgIpc) is 2.80. The van der Waals surface area contributed by atoms with Crippen molar-refractivity contribution in [3.63, 3.8) is 0 Å². The van der Waals surface area contributed by atoms with Crippen LogP contribution < -0.4 is 10.6 Å². The molecule has 0 spiro atoms. The molecule has 0 saturated carbocycles. The Balaban J connectivity index is 1.82. The molecule has 1 aromatic heterocycles. The SMILES string of the molecule is O=C(NCC1CCCN1)c1ccnnc1. The first kappa shape index (κ1) is 10.0. The maximum Gasteiger partial charge on any atom is 0.253 e. The van der Waals surface area contributed by atoms with Crippen LogP contribution in [0.15, 0.2) is 18.5 Å². The van der Waals surface area contributed by atoms with Gasteiger partial charge in [-0.1, -0.05) is 0 Å². The van der Waals surface area contributed by atoms with Crippen molar-refractivity contribution in [3.05, 3.63) is 24.0 Å². The third-order valence-corrected chi connectivity index (χ3v) is 2.52. The minimum absolute atomic E-state index is 0.0846. The molecular weight excluding hydrogens is 192 g/mol. The number of carbonyl (C=O) groups is 1. The van der Waals surface area contributed by atoms with Crippen LogP contribution in [-0.2, 0) is 0 Å². The largest absolute Gasteiger partial charge is 0.350 e. The van der Waals surface area contributed by atoms with Crippen molar-refractivity contribution >= 4 is 5.91 Å². The monoisotopic (exact) mass is 206 g/mol. The molecule has 1 fully saturated rings. The first-order chi connectivity index (χ1) is 7.36. The van der Waals surface area contributed by atoms with Gasteiger partial charge >= 0.3 is 0 Å². The van der Waals surface area contributed by atoms with Crippen molar-refractivity contribution in [1.29, 1.82) is 0 Å². The van der Waals surface area contributed by atoms with Crippen LogP contribution in [-0.4, -0.2) is 35.2 Å². The number of nitrogens with one attached hydrogen (secondary N) is 2. The summed E-state index contributed by atoms with van der Waals surface area (Å²) in [5, 5.41) is 13.5. The Labute approximate surface area is 88.3 Å². The van der Waals surface area contributed by atoms with Gasteiger partial charge in [0.1, 0.15) is 0 Å². The van der Waals surface area contributed by atoms with E-state index in [4.69, 9.17) is 0 Å². The van der Waals surface area contributed by atoms with Gasteiger partial charge in [-0.3, -0.25) is 4.79 Å². The van der Waals surface area contributed by atoms with Crippen LogP contribution in [0.5, 0.6) is 0 Å². The lowest BCUT2D eigenvalue weighted by Crippen LogP contribution is -2.37. The van der Waals surface area contributed by atoms with E-state index >= 15 is 0 Å². The van der Waals surface area contributed by atoms with Gasteiger partial charge in [0, 0.05) is 12.6 Å². The van der Waals surface area contributed by atoms with Crippen LogP contribution in [0.2, 0.25) is 0 Å². The summed E-state index contributed by atoms with van der Waals surface area (Å²) in [7, 11) is 0. The summed E-state index contributed by atoms with van der Waals surface area (Å²) in [5.41, 5.74) is 0.558. The Morgan fingerprint density at radius 1 is 1.60 bits per heavy atom. The molecule has 0 bridgehead atoms. The first-order valence-electron chi connectivity index (χ1n) is 5.14. The number of amides is 1. The molecule has 0 aromatic carbocycles. The van der Waals surface area contributed by atoms with E-state index in [9.17, 15) is 4.79 Å². The predicted molar refractivity (Wildman–Crippen MR) is 55.4 cm³/mol. The zero-order valence-electron chi connectivity index (χ0n) is 8.44. The maximum absolute atomic E-state index is 11.6. The smallest absolute Gasteiger partial charge is 0.253 e. The molecule has 0 aliphatic carbocycles. The molecule has 1 aliphatic rings. The normalized spacial score (nSPS) is 20.1. The molecule has 5 heteroatoms.